The van der Waals surface area contributed by atoms with Gasteiger partial charge in [0.25, 0.3) is 0 Å². The summed E-state index contributed by atoms with van der Waals surface area (Å²) in [5.41, 5.74) is 5.08. The summed E-state index contributed by atoms with van der Waals surface area (Å²) in [5, 5.41) is 1.69. The lowest BCUT2D eigenvalue weighted by Crippen LogP contribution is -2.27. The molecule has 2 aromatic carbocycles. The second-order valence-corrected chi connectivity index (χ2v) is 4.70. The van der Waals surface area contributed by atoms with Crippen LogP contribution in [0.25, 0.3) is 0 Å². The number of benzene rings is 2. The molecular formula is C14H15BrN2O. The second kappa shape index (κ2) is 6.54. The summed E-state index contributed by atoms with van der Waals surface area (Å²) in [6.07, 6.45) is 0. The molecule has 3 nitrogen and oxygen atoms in total. The average molecular weight is 307 g/mol. The number of nitrogens with one attached hydrogen (secondary N) is 1. The summed E-state index contributed by atoms with van der Waals surface area (Å²) < 4.78 is 0.994. The molecule has 0 aliphatic rings. The second-order valence-electron chi connectivity index (χ2n) is 3.85. The smallest absolute Gasteiger partial charge is 0.0794 e. The predicted molar refractivity (Wildman–Crippen MR) is 76.9 cm³/mol. The Labute approximate surface area is 115 Å². The van der Waals surface area contributed by atoms with Gasteiger partial charge in [0.2, 0.25) is 0 Å². The van der Waals surface area contributed by atoms with Gasteiger partial charge in [0.15, 0.2) is 0 Å². The van der Waals surface area contributed by atoms with Crippen molar-refractivity contribution in [2.24, 2.45) is 0 Å². The summed E-state index contributed by atoms with van der Waals surface area (Å²) in [4.78, 5) is 5.47. The van der Waals surface area contributed by atoms with Crippen LogP contribution in [0.15, 0.2) is 59.1 Å². The minimum absolute atomic E-state index is 0.662. The van der Waals surface area contributed by atoms with Crippen LogP contribution in [-0.2, 0) is 11.5 Å². The third-order valence-electron chi connectivity index (χ3n) is 2.51. The van der Waals surface area contributed by atoms with Crippen LogP contribution in [0.2, 0.25) is 0 Å². The number of halogens is 1. The summed E-state index contributed by atoms with van der Waals surface area (Å²) in [6, 6.07) is 18.0. The SMILES string of the molecule is CN(ONCc1ccccc1)c1ccccc1Br. The van der Waals surface area contributed by atoms with E-state index in [-0.39, 0.29) is 0 Å². The van der Waals surface area contributed by atoms with E-state index in [4.69, 9.17) is 4.94 Å². The summed E-state index contributed by atoms with van der Waals surface area (Å²) >= 11 is 3.48. The van der Waals surface area contributed by atoms with Gasteiger partial charge in [-0.3, -0.25) is 0 Å². The molecule has 94 valence electrons. The number of hydroxylamine groups is 2. The molecule has 0 aliphatic carbocycles. The number of hydrogen-bond donors (Lipinski definition) is 1. The Hall–Kier alpha value is -1.36. The third kappa shape index (κ3) is 3.57. The molecule has 0 amide bonds. The maximum absolute atomic E-state index is 5.47. The maximum Gasteiger partial charge on any atom is 0.0794 e. The monoisotopic (exact) mass is 306 g/mol. The topological polar surface area (TPSA) is 24.5 Å². The van der Waals surface area contributed by atoms with E-state index >= 15 is 0 Å². The van der Waals surface area contributed by atoms with E-state index in [1.807, 2.05) is 49.5 Å². The predicted octanol–water partition coefficient (Wildman–Crippen LogP) is 3.52. The van der Waals surface area contributed by atoms with Crippen LogP contribution < -0.4 is 10.5 Å². The first-order chi connectivity index (χ1) is 8.77. The summed E-state index contributed by atoms with van der Waals surface area (Å²) in [6.45, 7) is 0.662. The minimum atomic E-state index is 0.662. The van der Waals surface area contributed by atoms with Gasteiger partial charge >= 0.3 is 0 Å². The van der Waals surface area contributed by atoms with Crippen LogP contribution >= 0.6 is 15.9 Å². The molecule has 0 saturated carbocycles. The molecule has 0 unspecified atom stereocenters. The highest BCUT2D eigenvalue weighted by Gasteiger charge is 2.04. The highest BCUT2D eigenvalue weighted by Crippen LogP contribution is 2.24. The van der Waals surface area contributed by atoms with Gasteiger partial charge in [-0.1, -0.05) is 42.5 Å². The molecule has 0 bridgehead atoms. The quantitative estimate of drug-likeness (QED) is 0.855. The number of nitrogens with zero attached hydrogens (tertiary/aromatic N) is 1. The largest absolute Gasteiger partial charge is 0.237 e. The van der Waals surface area contributed by atoms with Gasteiger partial charge in [-0.05, 0) is 33.6 Å². The first-order valence-electron chi connectivity index (χ1n) is 5.69. The molecule has 0 atom stereocenters. The standard InChI is InChI=1S/C14H15BrN2O/c1-17(14-10-6-5-9-13(14)15)18-16-11-12-7-3-2-4-8-12/h2-10,16H,11H2,1H3. The Bertz CT molecular complexity index is 490. The van der Waals surface area contributed by atoms with Crippen molar-refractivity contribution in [2.45, 2.75) is 6.54 Å². The van der Waals surface area contributed by atoms with Gasteiger partial charge in [0.1, 0.15) is 0 Å². The Balaban J connectivity index is 1.86. The molecule has 18 heavy (non-hydrogen) atoms. The molecule has 0 saturated heterocycles. The Kier molecular flexibility index (Phi) is 4.75. The van der Waals surface area contributed by atoms with Crippen molar-refractivity contribution < 1.29 is 4.94 Å². The molecule has 0 heterocycles. The molecule has 0 aliphatic heterocycles. The first kappa shape index (κ1) is 13.1. The van der Waals surface area contributed by atoms with Crippen LogP contribution in [0, 0.1) is 0 Å². The zero-order valence-electron chi connectivity index (χ0n) is 10.1. The first-order valence-corrected chi connectivity index (χ1v) is 6.48. The van der Waals surface area contributed by atoms with E-state index in [1.165, 1.54) is 5.56 Å². The van der Waals surface area contributed by atoms with Crippen molar-refractivity contribution in [1.82, 2.24) is 5.48 Å². The van der Waals surface area contributed by atoms with Crippen molar-refractivity contribution in [3.05, 3.63) is 64.6 Å². The zero-order chi connectivity index (χ0) is 12.8. The molecule has 0 spiro atoms. The highest BCUT2D eigenvalue weighted by molar-refractivity contribution is 9.10. The Morgan fingerprint density at radius 3 is 2.44 bits per heavy atom. The van der Waals surface area contributed by atoms with Crippen molar-refractivity contribution in [2.75, 3.05) is 12.1 Å². The maximum atomic E-state index is 5.47. The van der Waals surface area contributed by atoms with Gasteiger partial charge in [-0.15, -0.1) is 0 Å². The number of para-hydroxylation sites is 1. The van der Waals surface area contributed by atoms with Gasteiger partial charge in [-0.25, -0.2) is 5.06 Å². The fourth-order valence-corrected chi connectivity index (χ4v) is 2.10. The van der Waals surface area contributed by atoms with E-state index < -0.39 is 0 Å². The summed E-state index contributed by atoms with van der Waals surface area (Å²) in [7, 11) is 1.86. The normalized spacial score (nSPS) is 10.3. The molecule has 0 aromatic heterocycles. The fourth-order valence-electron chi connectivity index (χ4n) is 1.56. The average Bonchev–Trinajstić information content (AvgIpc) is 2.40. The van der Waals surface area contributed by atoms with Crippen LogP contribution in [0.3, 0.4) is 0 Å². The lowest BCUT2D eigenvalue weighted by atomic mass is 10.2. The Morgan fingerprint density at radius 2 is 1.72 bits per heavy atom. The van der Waals surface area contributed by atoms with Crippen LogP contribution in [0.4, 0.5) is 5.69 Å². The highest BCUT2D eigenvalue weighted by atomic mass is 79.9. The molecule has 0 fully saturated rings. The van der Waals surface area contributed by atoms with Crippen LogP contribution in [-0.4, -0.2) is 7.05 Å². The summed E-state index contributed by atoms with van der Waals surface area (Å²) in [5.74, 6) is 0. The molecular weight excluding hydrogens is 292 g/mol. The van der Waals surface area contributed by atoms with E-state index in [0.717, 1.165) is 10.2 Å². The van der Waals surface area contributed by atoms with Crippen LogP contribution in [0.1, 0.15) is 5.56 Å². The molecule has 0 radical (unpaired) electrons. The van der Waals surface area contributed by atoms with Crippen molar-refractivity contribution in [3.63, 3.8) is 0 Å². The van der Waals surface area contributed by atoms with Crippen molar-refractivity contribution in [1.29, 1.82) is 0 Å². The van der Waals surface area contributed by atoms with Crippen molar-refractivity contribution in [3.8, 4) is 0 Å². The molecule has 4 heteroatoms. The van der Waals surface area contributed by atoms with Crippen molar-refractivity contribution >= 4 is 21.6 Å². The number of anilines is 1. The van der Waals surface area contributed by atoms with Gasteiger partial charge in [-0.2, -0.15) is 10.4 Å². The molecule has 2 aromatic rings. The fraction of sp³-hybridized carbons (Fsp3) is 0.143. The van der Waals surface area contributed by atoms with E-state index in [2.05, 4.69) is 33.5 Å². The van der Waals surface area contributed by atoms with E-state index in [0.29, 0.717) is 6.54 Å². The molecule has 2 rings (SSSR count). The van der Waals surface area contributed by atoms with Gasteiger partial charge < -0.3 is 0 Å². The molecule has 1 N–H and O–H groups in total. The van der Waals surface area contributed by atoms with E-state index in [1.54, 1.807) is 5.06 Å². The lowest BCUT2D eigenvalue weighted by molar-refractivity contribution is 0.0253. The zero-order valence-corrected chi connectivity index (χ0v) is 11.7. The Morgan fingerprint density at radius 1 is 1.06 bits per heavy atom. The number of rotatable bonds is 5. The minimum Gasteiger partial charge on any atom is -0.237 e. The lowest BCUT2D eigenvalue weighted by Gasteiger charge is -2.19. The van der Waals surface area contributed by atoms with E-state index in [9.17, 15) is 0 Å². The van der Waals surface area contributed by atoms with Gasteiger partial charge in [0, 0.05) is 18.1 Å². The van der Waals surface area contributed by atoms with Gasteiger partial charge in [0.05, 0.1) is 5.69 Å². The number of hydrogen-bond acceptors (Lipinski definition) is 3. The third-order valence-corrected chi connectivity index (χ3v) is 3.18. The van der Waals surface area contributed by atoms with Crippen LogP contribution in [0.5, 0.6) is 0 Å².